The molecule has 0 aromatic carbocycles. The van der Waals surface area contributed by atoms with Crippen molar-refractivity contribution in [2.75, 3.05) is 0 Å². The summed E-state index contributed by atoms with van der Waals surface area (Å²) in [5.74, 6) is 0. The molecule has 0 unspecified atom stereocenters. The van der Waals surface area contributed by atoms with E-state index in [1.165, 1.54) is 0 Å². The molecular weight excluding hydrogens is 214 g/mol. The second-order valence-corrected chi connectivity index (χ2v) is 8.91. The van der Waals surface area contributed by atoms with E-state index in [2.05, 4.69) is 0 Å². The molecule has 0 atom stereocenters. The topological polar surface area (TPSA) is 0 Å². The van der Waals surface area contributed by atoms with E-state index in [0.717, 1.165) is 0 Å². The van der Waals surface area contributed by atoms with E-state index >= 15 is 0 Å². The van der Waals surface area contributed by atoms with Gasteiger partial charge in [-0.2, -0.15) is 0 Å². The molecule has 0 bridgehead atoms. The first-order valence-corrected chi connectivity index (χ1v) is 8.68. The number of hydrogen-bond acceptors (Lipinski definition) is 0. The van der Waals surface area contributed by atoms with Crippen LogP contribution in [0.2, 0.25) is 0 Å². The molecule has 5 radical (unpaired) electrons. The van der Waals surface area contributed by atoms with Crippen LogP contribution in [-0.2, 0) is 14.7 Å². The first-order valence-electron chi connectivity index (χ1n) is 2.23. The fourth-order valence-electron chi connectivity index (χ4n) is 0.321. The molecule has 0 N–H and O–H groups in total. The van der Waals surface area contributed by atoms with Gasteiger partial charge in [0.2, 0.25) is 0 Å². The van der Waals surface area contributed by atoms with Gasteiger partial charge in [0.05, 0.1) is 0 Å². The van der Waals surface area contributed by atoms with Crippen LogP contribution in [0.1, 0.15) is 0 Å². The Balaban J connectivity index is 0.000000148. The van der Waals surface area contributed by atoms with Gasteiger partial charge in [0.1, 0.15) is 0 Å². The number of hydrogen-bond donors (Lipinski definition) is 0. The quantitative estimate of drug-likeness (QED) is 0.549. The van der Waals surface area contributed by atoms with E-state index in [0.29, 0.717) is 0 Å². The van der Waals surface area contributed by atoms with Gasteiger partial charge in [-0.3, -0.25) is 0 Å². The van der Waals surface area contributed by atoms with Crippen molar-refractivity contribution < 1.29 is 14.7 Å². The van der Waals surface area contributed by atoms with Crippen molar-refractivity contribution in [2.24, 2.45) is 0 Å². The zero-order valence-corrected chi connectivity index (χ0v) is 8.35. The summed E-state index contributed by atoms with van der Waals surface area (Å²) in [4.78, 5) is 0. The Kier molecular flexibility index (Phi) is 9.04. The first kappa shape index (κ1) is 10.6. The van der Waals surface area contributed by atoms with Crippen LogP contribution < -0.4 is 0 Å². The van der Waals surface area contributed by atoms with Gasteiger partial charge in [-0.05, 0) is 32.1 Å². The standard InChI is InChI=1S/C5H5.3ClH.Ti/c1-2-4-5-3-1;;;;/h1-5H;3*1H;/q;;;;+4/p-3. The molecule has 0 spiro atoms. The molecule has 9 heavy (non-hydrogen) atoms. The van der Waals surface area contributed by atoms with E-state index in [9.17, 15) is 0 Å². The van der Waals surface area contributed by atoms with Gasteiger partial charge in [-0.1, -0.05) is 0 Å². The molecule has 0 aromatic heterocycles. The molecule has 0 nitrogen and oxygen atoms in total. The van der Waals surface area contributed by atoms with E-state index in [1.54, 1.807) is 0 Å². The van der Waals surface area contributed by atoms with Crippen LogP contribution in [0, 0.1) is 32.1 Å². The van der Waals surface area contributed by atoms with E-state index < -0.39 is 14.7 Å². The molecule has 1 aliphatic rings. The summed E-state index contributed by atoms with van der Waals surface area (Å²) in [7, 11) is 14.9. The molecule has 1 fully saturated rings. The maximum atomic E-state index is 4.97. The Morgan fingerprint density at radius 2 is 0.778 bits per heavy atom. The molecule has 49 valence electrons. The SMILES string of the molecule is [CH]1[CH][CH][CH][CH]1.[Cl][Ti+]([Cl])[Cl]. The van der Waals surface area contributed by atoms with Crippen LogP contribution in [0.15, 0.2) is 0 Å². The van der Waals surface area contributed by atoms with Gasteiger partial charge < -0.3 is 0 Å². The van der Waals surface area contributed by atoms with Crippen molar-refractivity contribution >= 4 is 27.9 Å². The Bertz CT molecular complexity index is 43.8. The van der Waals surface area contributed by atoms with Gasteiger partial charge >= 0.3 is 42.6 Å². The van der Waals surface area contributed by atoms with Crippen molar-refractivity contribution in [2.45, 2.75) is 0 Å². The summed E-state index contributed by atoms with van der Waals surface area (Å²) in [5.41, 5.74) is 0. The Morgan fingerprint density at radius 3 is 0.889 bits per heavy atom. The molecule has 1 saturated carbocycles. The number of rotatable bonds is 0. The summed E-state index contributed by atoms with van der Waals surface area (Å²) in [5, 5.41) is 0. The second kappa shape index (κ2) is 7.69. The molecule has 0 heterocycles. The fraction of sp³-hybridized carbons (Fsp3) is 0. The third kappa shape index (κ3) is 12.7. The summed E-state index contributed by atoms with van der Waals surface area (Å²) in [6.45, 7) is 0. The monoisotopic (exact) mass is 218 g/mol. The van der Waals surface area contributed by atoms with Crippen LogP contribution in [0.5, 0.6) is 0 Å². The van der Waals surface area contributed by atoms with Gasteiger partial charge in [-0.15, -0.1) is 0 Å². The van der Waals surface area contributed by atoms with Crippen molar-refractivity contribution in [3.05, 3.63) is 32.1 Å². The fourth-order valence-corrected chi connectivity index (χ4v) is 0.321. The summed E-state index contributed by atoms with van der Waals surface area (Å²) < 4.78 is 0. The average Bonchev–Trinajstić information content (AvgIpc) is 2.11. The molecule has 0 amide bonds. The van der Waals surface area contributed by atoms with Crippen LogP contribution in [0.3, 0.4) is 0 Å². The number of halogens is 3. The first-order chi connectivity index (χ1) is 4.23. The summed E-state index contributed by atoms with van der Waals surface area (Å²) >= 11 is -1.92. The second-order valence-electron chi connectivity index (χ2n) is 1.18. The third-order valence-electron chi connectivity index (χ3n) is 0.556. The molecule has 0 saturated heterocycles. The zero-order chi connectivity index (χ0) is 7.11. The Labute approximate surface area is 74.3 Å². The van der Waals surface area contributed by atoms with E-state index in [4.69, 9.17) is 27.9 Å². The van der Waals surface area contributed by atoms with E-state index in [1.807, 2.05) is 32.1 Å². The van der Waals surface area contributed by atoms with Crippen molar-refractivity contribution in [3.63, 3.8) is 0 Å². The predicted octanol–water partition coefficient (Wildman–Crippen LogP) is 3.09. The van der Waals surface area contributed by atoms with E-state index in [-0.39, 0.29) is 0 Å². The van der Waals surface area contributed by atoms with Crippen molar-refractivity contribution in [1.82, 2.24) is 0 Å². The van der Waals surface area contributed by atoms with Gasteiger partial charge in [-0.25, -0.2) is 0 Å². The van der Waals surface area contributed by atoms with Gasteiger partial charge in [0.15, 0.2) is 0 Å². The summed E-state index contributed by atoms with van der Waals surface area (Å²) in [6, 6.07) is 0. The van der Waals surface area contributed by atoms with Crippen LogP contribution in [0.25, 0.3) is 0 Å². The van der Waals surface area contributed by atoms with Gasteiger partial charge in [0.25, 0.3) is 0 Å². The predicted molar refractivity (Wildman–Crippen MR) is 39.1 cm³/mol. The Morgan fingerprint density at radius 1 is 0.667 bits per heavy atom. The van der Waals surface area contributed by atoms with Crippen molar-refractivity contribution in [3.8, 4) is 0 Å². The molecule has 0 aliphatic heterocycles. The van der Waals surface area contributed by atoms with Crippen molar-refractivity contribution in [1.29, 1.82) is 0 Å². The minimum atomic E-state index is -1.92. The van der Waals surface area contributed by atoms with Crippen LogP contribution in [0.4, 0.5) is 0 Å². The maximum absolute atomic E-state index is 4.97. The Hall–Kier alpha value is 1.58. The molecule has 0 aromatic rings. The molecule has 4 heteroatoms. The molecule has 1 rings (SSSR count). The van der Waals surface area contributed by atoms with Gasteiger partial charge in [0, 0.05) is 0 Å². The normalized spacial score (nSPS) is 16.3. The molecule has 1 aliphatic carbocycles. The summed E-state index contributed by atoms with van der Waals surface area (Å²) in [6.07, 6.45) is 10.0. The minimum absolute atomic E-state index is 1.92. The average molecular weight is 219 g/mol. The third-order valence-corrected chi connectivity index (χ3v) is 0.556. The molecular formula is C5H5Cl3Ti+. The van der Waals surface area contributed by atoms with Crippen LogP contribution >= 0.6 is 27.9 Å². The van der Waals surface area contributed by atoms with Crippen LogP contribution in [-0.4, -0.2) is 0 Å². The zero-order valence-electron chi connectivity index (χ0n) is 4.52.